The molecule has 13 heavy (non-hydrogen) atoms. The SMILES string of the molecule is CCCC(=O)N1CC(C)CC1CC. The quantitative estimate of drug-likeness (QED) is 0.658. The molecule has 2 heteroatoms. The van der Waals surface area contributed by atoms with Crippen molar-refractivity contribution in [1.29, 1.82) is 0 Å². The van der Waals surface area contributed by atoms with Crippen molar-refractivity contribution in [3.63, 3.8) is 0 Å². The maximum absolute atomic E-state index is 11.7. The van der Waals surface area contributed by atoms with Gasteiger partial charge in [-0.25, -0.2) is 0 Å². The summed E-state index contributed by atoms with van der Waals surface area (Å²) in [4.78, 5) is 13.8. The molecule has 0 aromatic carbocycles. The van der Waals surface area contributed by atoms with Crippen molar-refractivity contribution < 1.29 is 4.79 Å². The summed E-state index contributed by atoms with van der Waals surface area (Å²) < 4.78 is 0. The molecule has 0 saturated carbocycles. The molecule has 1 amide bonds. The van der Waals surface area contributed by atoms with Gasteiger partial charge in [0.2, 0.25) is 5.91 Å². The molecule has 0 aromatic rings. The van der Waals surface area contributed by atoms with E-state index >= 15 is 0 Å². The number of hydrogen-bond acceptors (Lipinski definition) is 1. The van der Waals surface area contributed by atoms with Crippen molar-refractivity contribution in [2.45, 2.75) is 52.5 Å². The predicted molar refractivity (Wildman–Crippen MR) is 54.5 cm³/mol. The topological polar surface area (TPSA) is 20.3 Å². The number of carbonyl (C=O) groups is 1. The fourth-order valence-corrected chi connectivity index (χ4v) is 2.20. The Morgan fingerprint density at radius 1 is 1.46 bits per heavy atom. The van der Waals surface area contributed by atoms with Gasteiger partial charge < -0.3 is 4.90 Å². The number of rotatable bonds is 3. The Labute approximate surface area is 81.3 Å². The maximum atomic E-state index is 11.7. The largest absolute Gasteiger partial charge is 0.339 e. The molecule has 2 unspecified atom stereocenters. The van der Waals surface area contributed by atoms with Gasteiger partial charge in [-0.2, -0.15) is 0 Å². The zero-order chi connectivity index (χ0) is 9.84. The van der Waals surface area contributed by atoms with E-state index in [9.17, 15) is 4.79 Å². The van der Waals surface area contributed by atoms with Gasteiger partial charge in [-0.15, -0.1) is 0 Å². The van der Waals surface area contributed by atoms with Gasteiger partial charge in [0.25, 0.3) is 0 Å². The number of hydrogen-bond donors (Lipinski definition) is 0. The molecule has 1 heterocycles. The third-order valence-corrected chi connectivity index (χ3v) is 2.88. The van der Waals surface area contributed by atoms with Crippen molar-refractivity contribution in [3.8, 4) is 0 Å². The smallest absolute Gasteiger partial charge is 0.222 e. The molecule has 1 aliphatic heterocycles. The zero-order valence-electron chi connectivity index (χ0n) is 9.05. The van der Waals surface area contributed by atoms with E-state index in [1.54, 1.807) is 0 Å². The minimum atomic E-state index is 0.360. The van der Waals surface area contributed by atoms with Crippen molar-refractivity contribution in [1.82, 2.24) is 4.90 Å². The van der Waals surface area contributed by atoms with Gasteiger partial charge in [-0.1, -0.05) is 20.8 Å². The maximum Gasteiger partial charge on any atom is 0.222 e. The first-order chi connectivity index (χ1) is 6.19. The van der Waals surface area contributed by atoms with E-state index in [1.165, 1.54) is 6.42 Å². The number of amides is 1. The first-order valence-electron chi connectivity index (χ1n) is 5.48. The van der Waals surface area contributed by atoms with Crippen LogP contribution in [0.3, 0.4) is 0 Å². The Balaban J connectivity index is 2.52. The minimum absolute atomic E-state index is 0.360. The molecule has 2 nitrogen and oxygen atoms in total. The fraction of sp³-hybridized carbons (Fsp3) is 0.909. The zero-order valence-corrected chi connectivity index (χ0v) is 9.05. The predicted octanol–water partition coefficient (Wildman–Crippen LogP) is 2.43. The third-order valence-electron chi connectivity index (χ3n) is 2.88. The molecular formula is C11H21NO. The fourth-order valence-electron chi connectivity index (χ4n) is 2.20. The van der Waals surface area contributed by atoms with E-state index in [4.69, 9.17) is 0 Å². The molecule has 0 spiro atoms. The first-order valence-corrected chi connectivity index (χ1v) is 5.48. The molecule has 1 aliphatic rings. The van der Waals surface area contributed by atoms with Crippen molar-refractivity contribution in [2.75, 3.05) is 6.54 Å². The van der Waals surface area contributed by atoms with Crippen LogP contribution in [0.5, 0.6) is 0 Å². The van der Waals surface area contributed by atoms with E-state index < -0.39 is 0 Å². The highest BCUT2D eigenvalue weighted by Crippen LogP contribution is 2.25. The lowest BCUT2D eigenvalue weighted by Gasteiger charge is -2.23. The Bertz CT molecular complexity index is 179. The summed E-state index contributed by atoms with van der Waals surface area (Å²) in [6.07, 6.45) is 4.01. The highest BCUT2D eigenvalue weighted by Gasteiger charge is 2.30. The van der Waals surface area contributed by atoms with E-state index in [1.807, 2.05) is 0 Å². The van der Waals surface area contributed by atoms with E-state index in [0.29, 0.717) is 17.9 Å². The number of carbonyl (C=O) groups excluding carboxylic acids is 1. The first kappa shape index (κ1) is 10.6. The Kier molecular flexibility index (Phi) is 3.76. The van der Waals surface area contributed by atoms with Crippen molar-refractivity contribution in [2.24, 2.45) is 5.92 Å². The summed E-state index contributed by atoms with van der Waals surface area (Å²) in [5.74, 6) is 1.06. The summed E-state index contributed by atoms with van der Waals surface area (Å²) in [5, 5.41) is 0. The van der Waals surface area contributed by atoms with Crippen LogP contribution in [-0.2, 0) is 4.79 Å². The number of nitrogens with zero attached hydrogens (tertiary/aromatic N) is 1. The Morgan fingerprint density at radius 3 is 2.69 bits per heavy atom. The molecule has 0 aromatic heterocycles. The van der Waals surface area contributed by atoms with Crippen LogP contribution in [-0.4, -0.2) is 23.4 Å². The standard InChI is InChI=1S/C11H21NO/c1-4-6-11(13)12-8-9(3)7-10(12)5-2/h9-10H,4-8H2,1-3H3. The lowest BCUT2D eigenvalue weighted by atomic mass is 10.1. The molecule has 0 bridgehead atoms. The van der Waals surface area contributed by atoms with Gasteiger partial charge in [0.15, 0.2) is 0 Å². The molecule has 0 N–H and O–H groups in total. The summed E-state index contributed by atoms with van der Waals surface area (Å²) in [6, 6.07) is 0.522. The van der Waals surface area contributed by atoms with Crippen LogP contribution in [0.1, 0.15) is 46.5 Å². The number of likely N-dealkylation sites (tertiary alicyclic amines) is 1. The van der Waals surface area contributed by atoms with Gasteiger partial charge in [0, 0.05) is 19.0 Å². The van der Waals surface area contributed by atoms with Crippen LogP contribution in [0.4, 0.5) is 0 Å². The van der Waals surface area contributed by atoms with Crippen LogP contribution < -0.4 is 0 Å². The average Bonchev–Trinajstić information content (AvgIpc) is 2.47. The summed E-state index contributed by atoms with van der Waals surface area (Å²) in [7, 11) is 0. The normalized spacial score (nSPS) is 28.1. The molecular weight excluding hydrogens is 162 g/mol. The summed E-state index contributed by atoms with van der Waals surface area (Å²) in [6.45, 7) is 7.46. The molecule has 76 valence electrons. The summed E-state index contributed by atoms with van der Waals surface area (Å²) >= 11 is 0. The second kappa shape index (κ2) is 4.64. The van der Waals surface area contributed by atoms with Gasteiger partial charge in [0.05, 0.1) is 0 Å². The molecule has 0 aliphatic carbocycles. The summed E-state index contributed by atoms with van der Waals surface area (Å²) in [5.41, 5.74) is 0. The van der Waals surface area contributed by atoms with Crippen LogP contribution in [0.15, 0.2) is 0 Å². The van der Waals surface area contributed by atoms with E-state index in [-0.39, 0.29) is 0 Å². The van der Waals surface area contributed by atoms with Crippen LogP contribution in [0.2, 0.25) is 0 Å². The molecule has 2 atom stereocenters. The highest BCUT2D eigenvalue weighted by atomic mass is 16.2. The van der Waals surface area contributed by atoms with Crippen LogP contribution >= 0.6 is 0 Å². The second-order valence-electron chi connectivity index (χ2n) is 4.20. The van der Waals surface area contributed by atoms with Crippen molar-refractivity contribution in [3.05, 3.63) is 0 Å². The van der Waals surface area contributed by atoms with Crippen LogP contribution in [0.25, 0.3) is 0 Å². The van der Waals surface area contributed by atoms with E-state index in [0.717, 1.165) is 25.8 Å². The van der Waals surface area contributed by atoms with Gasteiger partial charge >= 0.3 is 0 Å². The Morgan fingerprint density at radius 2 is 2.15 bits per heavy atom. The monoisotopic (exact) mass is 183 g/mol. The van der Waals surface area contributed by atoms with Gasteiger partial charge in [0.1, 0.15) is 0 Å². The molecule has 1 fully saturated rings. The molecule has 1 rings (SSSR count). The van der Waals surface area contributed by atoms with Gasteiger partial charge in [-0.3, -0.25) is 4.79 Å². The second-order valence-corrected chi connectivity index (χ2v) is 4.20. The van der Waals surface area contributed by atoms with Crippen LogP contribution in [0, 0.1) is 5.92 Å². The highest BCUT2D eigenvalue weighted by molar-refractivity contribution is 5.76. The van der Waals surface area contributed by atoms with Crippen molar-refractivity contribution >= 4 is 5.91 Å². The molecule has 1 saturated heterocycles. The van der Waals surface area contributed by atoms with Gasteiger partial charge in [-0.05, 0) is 25.2 Å². The Hall–Kier alpha value is -0.530. The average molecular weight is 183 g/mol. The third kappa shape index (κ3) is 2.45. The van der Waals surface area contributed by atoms with E-state index in [2.05, 4.69) is 25.7 Å². The lowest BCUT2D eigenvalue weighted by molar-refractivity contribution is -0.132. The lowest BCUT2D eigenvalue weighted by Crippen LogP contribution is -2.35. The molecule has 0 radical (unpaired) electrons. The minimum Gasteiger partial charge on any atom is -0.339 e.